The van der Waals surface area contributed by atoms with Gasteiger partial charge in [-0.25, -0.2) is 14.2 Å². The van der Waals surface area contributed by atoms with Crippen LogP contribution in [0.25, 0.3) is 0 Å². The molecular formula is C25H33FN4O3S2. The van der Waals surface area contributed by atoms with Crippen LogP contribution in [0.4, 0.5) is 20.0 Å². The number of nitrogens with one attached hydrogen (secondary N) is 1. The number of hydrogen-bond donors (Lipinski definition) is 1. The molecule has 10 heteroatoms. The van der Waals surface area contributed by atoms with Crippen molar-refractivity contribution in [1.29, 1.82) is 0 Å². The maximum absolute atomic E-state index is 14.3. The van der Waals surface area contributed by atoms with Crippen molar-refractivity contribution in [3.8, 4) is 0 Å². The highest BCUT2D eigenvalue weighted by atomic mass is 32.2. The minimum Gasteiger partial charge on any atom is -0.468 e. The van der Waals surface area contributed by atoms with Crippen molar-refractivity contribution in [2.45, 2.75) is 61.7 Å². The second-order valence-electron chi connectivity index (χ2n) is 9.27. The lowest BCUT2D eigenvalue weighted by molar-refractivity contribution is -0.137. The summed E-state index contributed by atoms with van der Waals surface area (Å²) in [7, 11) is 1.36. The molecule has 2 heterocycles. The van der Waals surface area contributed by atoms with Crippen LogP contribution < -0.4 is 10.2 Å². The molecular weight excluding hydrogens is 487 g/mol. The molecule has 2 aliphatic rings. The van der Waals surface area contributed by atoms with Gasteiger partial charge in [0.05, 0.1) is 29.0 Å². The van der Waals surface area contributed by atoms with E-state index >= 15 is 0 Å². The Kier molecular flexibility index (Phi) is 8.89. The van der Waals surface area contributed by atoms with Crippen LogP contribution in [-0.4, -0.2) is 59.9 Å². The summed E-state index contributed by atoms with van der Waals surface area (Å²) >= 11 is 2.71. The average molecular weight is 521 g/mol. The van der Waals surface area contributed by atoms with E-state index in [1.54, 1.807) is 12.3 Å². The van der Waals surface area contributed by atoms with Gasteiger partial charge in [0, 0.05) is 25.2 Å². The van der Waals surface area contributed by atoms with Gasteiger partial charge in [0.15, 0.2) is 5.13 Å². The molecule has 1 saturated heterocycles. The average Bonchev–Trinajstić information content (AvgIpc) is 3.32. The summed E-state index contributed by atoms with van der Waals surface area (Å²) in [6.45, 7) is 3.70. The number of hydrogen-bond acceptors (Lipinski definition) is 7. The molecule has 35 heavy (non-hydrogen) atoms. The quantitative estimate of drug-likeness (QED) is 0.377. The van der Waals surface area contributed by atoms with E-state index in [2.05, 4.69) is 26.9 Å². The van der Waals surface area contributed by atoms with Crippen LogP contribution in [0, 0.1) is 11.7 Å². The van der Waals surface area contributed by atoms with E-state index in [1.165, 1.54) is 36.3 Å². The lowest BCUT2D eigenvalue weighted by atomic mass is 9.85. The summed E-state index contributed by atoms with van der Waals surface area (Å²) in [6, 6.07) is 7.07. The molecule has 1 aliphatic heterocycles. The molecule has 1 aromatic heterocycles. The van der Waals surface area contributed by atoms with Crippen LogP contribution >= 0.6 is 23.1 Å². The topological polar surface area (TPSA) is 74.8 Å². The van der Waals surface area contributed by atoms with E-state index in [-0.39, 0.29) is 35.7 Å². The molecule has 1 N–H and O–H groups in total. The van der Waals surface area contributed by atoms with Crippen molar-refractivity contribution < 1.29 is 18.7 Å². The number of para-hydroxylation sites is 1. The Morgan fingerprint density at radius 2 is 1.86 bits per heavy atom. The summed E-state index contributed by atoms with van der Waals surface area (Å²) in [5, 5.41) is 3.54. The molecule has 0 radical (unpaired) electrons. The van der Waals surface area contributed by atoms with Gasteiger partial charge in [0.2, 0.25) is 0 Å². The molecule has 0 spiro atoms. The molecule has 0 unspecified atom stereocenters. The first-order valence-electron chi connectivity index (χ1n) is 12.2. The first kappa shape index (κ1) is 25.8. The molecule has 2 amide bonds. The smallest absolute Gasteiger partial charge is 0.324 e. The van der Waals surface area contributed by atoms with Crippen molar-refractivity contribution in [3.05, 3.63) is 36.3 Å². The number of amides is 2. The normalized spacial score (nSPS) is 20.9. The summed E-state index contributed by atoms with van der Waals surface area (Å²) in [5.41, 5.74) is 0.633. The van der Waals surface area contributed by atoms with E-state index in [4.69, 9.17) is 0 Å². The second-order valence-corrected chi connectivity index (χ2v) is 11.6. The van der Waals surface area contributed by atoms with Crippen LogP contribution in [0.5, 0.6) is 0 Å². The van der Waals surface area contributed by atoms with Crippen LogP contribution in [0.1, 0.15) is 45.4 Å². The van der Waals surface area contributed by atoms with Crippen LogP contribution in [0.2, 0.25) is 0 Å². The number of esters is 1. The number of carbonyl (C=O) groups excluding carboxylic acids is 2. The predicted octanol–water partition coefficient (Wildman–Crippen LogP) is 5.63. The van der Waals surface area contributed by atoms with Crippen molar-refractivity contribution in [1.82, 2.24) is 9.88 Å². The molecule has 0 atom stereocenters. The molecule has 1 aromatic carbocycles. The van der Waals surface area contributed by atoms with Crippen molar-refractivity contribution in [2.75, 3.05) is 36.2 Å². The van der Waals surface area contributed by atoms with Crippen LogP contribution in [0.15, 0.2) is 34.7 Å². The molecule has 1 aliphatic carbocycles. The van der Waals surface area contributed by atoms with Gasteiger partial charge >= 0.3 is 12.0 Å². The van der Waals surface area contributed by atoms with E-state index in [0.29, 0.717) is 29.8 Å². The first-order valence-corrected chi connectivity index (χ1v) is 14.0. The largest absolute Gasteiger partial charge is 0.468 e. The highest BCUT2D eigenvalue weighted by Crippen LogP contribution is 2.33. The minimum absolute atomic E-state index is 0.101. The maximum atomic E-state index is 14.3. The van der Waals surface area contributed by atoms with E-state index in [9.17, 15) is 14.0 Å². The van der Waals surface area contributed by atoms with Gasteiger partial charge in [0.1, 0.15) is 5.82 Å². The Morgan fingerprint density at radius 1 is 1.17 bits per heavy atom. The Balaban J connectivity index is 1.42. The summed E-state index contributed by atoms with van der Waals surface area (Å²) < 4.78 is 19.8. The number of piperidine rings is 1. The summed E-state index contributed by atoms with van der Waals surface area (Å²) in [4.78, 5) is 33.4. The number of ether oxygens (including phenoxy) is 1. The van der Waals surface area contributed by atoms with Gasteiger partial charge in [-0.15, -0.1) is 11.8 Å². The van der Waals surface area contributed by atoms with Gasteiger partial charge in [-0.2, -0.15) is 0 Å². The lowest BCUT2D eigenvalue weighted by Gasteiger charge is -2.44. The SMILES string of the molecule is COC(=O)CSc1cnc(NC(=O)N(C2CCC(C)CC2)C2CCN(c3ccccc3F)CC2)s1. The number of benzene rings is 1. The number of aromatic nitrogens is 1. The van der Waals surface area contributed by atoms with Gasteiger partial charge in [-0.1, -0.05) is 30.4 Å². The van der Waals surface area contributed by atoms with Crippen molar-refractivity contribution in [2.24, 2.45) is 5.92 Å². The van der Waals surface area contributed by atoms with Gasteiger partial charge in [-0.05, 0) is 56.6 Å². The summed E-state index contributed by atoms with van der Waals surface area (Å²) in [6.07, 6.45) is 7.51. The first-order chi connectivity index (χ1) is 16.9. The number of methoxy groups -OCH3 is 1. The number of urea groups is 1. The number of thioether (sulfide) groups is 1. The highest BCUT2D eigenvalue weighted by Gasteiger charge is 2.35. The van der Waals surface area contributed by atoms with Crippen molar-refractivity contribution >= 4 is 45.9 Å². The van der Waals surface area contributed by atoms with Gasteiger partial charge < -0.3 is 14.5 Å². The third kappa shape index (κ3) is 6.67. The van der Waals surface area contributed by atoms with E-state index in [1.807, 2.05) is 17.0 Å². The zero-order chi connectivity index (χ0) is 24.8. The standard InChI is InChI=1S/C25H33FN4O3S2/c1-17-7-9-18(10-8-17)30(19-11-13-29(14-12-19)21-6-4-3-5-20(21)26)25(32)28-24-27-15-23(35-24)34-16-22(31)33-2/h3-6,15,17-19H,7-14,16H2,1-2H3,(H,27,28,32). The Morgan fingerprint density at radius 3 is 2.54 bits per heavy atom. The molecule has 190 valence electrons. The number of anilines is 2. The number of nitrogens with zero attached hydrogens (tertiary/aromatic N) is 3. The van der Waals surface area contributed by atoms with E-state index in [0.717, 1.165) is 42.7 Å². The number of thiazole rings is 1. The minimum atomic E-state index is -0.298. The Hall–Kier alpha value is -2.33. The molecule has 0 bridgehead atoms. The fourth-order valence-corrected chi connectivity index (χ4v) is 6.67. The predicted molar refractivity (Wildman–Crippen MR) is 139 cm³/mol. The monoisotopic (exact) mass is 520 g/mol. The van der Waals surface area contributed by atoms with Crippen LogP contribution in [0.3, 0.4) is 0 Å². The molecule has 2 fully saturated rings. The van der Waals surface area contributed by atoms with Crippen molar-refractivity contribution in [3.63, 3.8) is 0 Å². The Bertz CT molecular complexity index is 1000. The fourth-order valence-electron chi connectivity index (χ4n) is 4.97. The maximum Gasteiger partial charge on any atom is 0.324 e. The lowest BCUT2D eigenvalue weighted by Crippen LogP contribution is -2.54. The number of halogens is 1. The number of carbonyl (C=O) groups is 2. The highest BCUT2D eigenvalue weighted by molar-refractivity contribution is 8.01. The second kappa shape index (κ2) is 12.1. The Labute approximate surface area is 214 Å². The molecule has 4 rings (SSSR count). The van der Waals surface area contributed by atoms with Gasteiger partial charge in [0.25, 0.3) is 0 Å². The van der Waals surface area contributed by atoms with E-state index < -0.39 is 0 Å². The molecule has 1 saturated carbocycles. The molecule has 7 nitrogen and oxygen atoms in total. The third-order valence-electron chi connectivity index (χ3n) is 6.92. The van der Waals surface area contributed by atoms with Gasteiger partial charge in [-0.3, -0.25) is 10.1 Å². The number of rotatable bonds is 7. The third-order valence-corrected chi connectivity index (χ3v) is 9.00. The molecule has 2 aromatic rings. The van der Waals surface area contributed by atoms with Crippen LogP contribution in [-0.2, 0) is 9.53 Å². The fraction of sp³-hybridized carbons (Fsp3) is 0.560. The zero-order valence-electron chi connectivity index (χ0n) is 20.2. The zero-order valence-corrected chi connectivity index (χ0v) is 21.9. The summed E-state index contributed by atoms with van der Waals surface area (Å²) in [5.74, 6) is 0.395.